The molecule has 1 aliphatic rings. The molecule has 0 unspecified atom stereocenters. The molecule has 28 heavy (non-hydrogen) atoms. The minimum absolute atomic E-state index is 0.0836. The van der Waals surface area contributed by atoms with E-state index in [0.717, 1.165) is 5.56 Å². The quantitative estimate of drug-likeness (QED) is 0.781. The molecule has 1 heterocycles. The third kappa shape index (κ3) is 4.57. The number of nitrogens with zero attached hydrogens (tertiary/aromatic N) is 1. The third-order valence-corrected chi connectivity index (χ3v) is 4.94. The number of hydrogen-bond acceptors (Lipinski definition) is 4. The number of carbonyl (C=O) groups is 3. The fraction of sp³-hybridized carbons (Fsp3) is 0.318. The van der Waals surface area contributed by atoms with E-state index in [9.17, 15) is 14.4 Å². The Kier molecular flexibility index (Phi) is 6.09. The van der Waals surface area contributed by atoms with Crippen LogP contribution in [0.1, 0.15) is 31.9 Å². The van der Waals surface area contributed by atoms with Crippen LogP contribution in [0.2, 0.25) is 0 Å². The van der Waals surface area contributed by atoms with Gasteiger partial charge in [0.25, 0.3) is 5.91 Å². The number of amides is 2. The molecule has 2 aromatic rings. The van der Waals surface area contributed by atoms with Gasteiger partial charge in [0.15, 0.2) is 6.10 Å². The van der Waals surface area contributed by atoms with Crippen molar-refractivity contribution in [1.82, 2.24) is 4.90 Å². The fourth-order valence-corrected chi connectivity index (χ4v) is 3.26. The van der Waals surface area contributed by atoms with E-state index in [1.165, 1.54) is 6.92 Å². The Morgan fingerprint density at radius 2 is 1.64 bits per heavy atom. The van der Waals surface area contributed by atoms with Gasteiger partial charge in [-0.2, -0.15) is 0 Å². The molecule has 2 aromatic carbocycles. The summed E-state index contributed by atoms with van der Waals surface area (Å²) in [5, 5.41) is 2.70. The molecule has 6 nitrogen and oxygen atoms in total. The summed E-state index contributed by atoms with van der Waals surface area (Å²) in [6.07, 6.45) is -0.841. The lowest BCUT2D eigenvalue weighted by Crippen LogP contribution is -2.33. The first kappa shape index (κ1) is 19.6. The molecule has 3 rings (SSSR count). The highest BCUT2D eigenvalue weighted by atomic mass is 16.5. The highest BCUT2D eigenvalue weighted by Gasteiger charge is 2.38. The monoisotopic (exact) mass is 380 g/mol. The highest BCUT2D eigenvalue weighted by molar-refractivity contribution is 5.95. The molecule has 1 N–H and O–H groups in total. The smallest absolute Gasteiger partial charge is 0.312 e. The molecule has 3 atom stereocenters. The molecule has 0 aliphatic carbocycles. The summed E-state index contributed by atoms with van der Waals surface area (Å²) in [6, 6.07) is 18.5. The lowest BCUT2D eigenvalue weighted by Gasteiger charge is -2.25. The van der Waals surface area contributed by atoms with Crippen LogP contribution in [0.3, 0.4) is 0 Å². The molecule has 1 saturated heterocycles. The standard InChI is InChI=1S/C22H24N2O4/c1-15(17-9-5-3-6-10-17)24-14-18(13-20(24)25)22(27)28-16(2)21(26)23-19-11-7-4-8-12-19/h3-12,15-16,18H,13-14H2,1-2H3,(H,23,26)/t15-,16+,18-/m1/s1. The van der Waals surface area contributed by atoms with E-state index < -0.39 is 23.9 Å². The second-order valence-corrected chi connectivity index (χ2v) is 6.97. The molecule has 1 aliphatic heterocycles. The number of hydrogen-bond donors (Lipinski definition) is 1. The molecule has 0 saturated carbocycles. The summed E-state index contributed by atoms with van der Waals surface area (Å²) >= 11 is 0. The number of ether oxygens (including phenoxy) is 1. The molecule has 0 spiro atoms. The second kappa shape index (κ2) is 8.69. The van der Waals surface area contributed by atoms with Gasteiger partial charge in [0, 0.05) is 18.7 Å². The third-order valence-electron chi connectivity index (χ3n) is 4.94. The van der Waals surface area contributed by atoms with Gasteiger partial charge in [-0.15, -0.1) is 0 Å². The van der Waals surface area contributed by atoms with Gasteiger partial charge in [-0.25, -0.2) is 0 Å². The van der Waals surface area contributed by atoms with Gasteiger partial charge >= 0.3 is 5.97 Å². The van der Waals surface area contributed by atoms with Crippen molar-refractivity contribution in [3.8, 4) is 0 Å². The molecule has 146 valence electrons. The molecule has 2 amide bonds. The van der Waals surface area contributed by atoms with Crippen molar-refractivity contribution in [2.24, 2.45) is 5.92 Å². The van der Waals surface area contributed by atoms with Gasteiger partial charge in [-0.1, -0.05) is 48.5 Å². The number of likely N-dealkylation sites (tertiary alicyclic amines) is 1. The van der Waals surface area contributed by atoms with Crippen LogP contribution in [0.15, 0.2) is 60.7 Å². The van der Waals surface area contributed by atoms with E-state index in [0.29, 0.717) is 12.2 Å². The molecule has 6 heteroatoms. The Bertz CT molecular complexity index is 838. The average Bonchev–Trinajstić information content (AvgIpc) is 3.10. The van der Waals surface area contributed by atoms with Crippen LogP contribution in [0.5, 0.6) is 0 Å². The summed E-state index contributed by atoms with van der Waals surface area (Å²) in [5.74, 6) is -1.57. The van der Waals surface area contributed by atoms with Crippen molar-refractivity contribution in [2.75, 3.05) is 11.9 Å². The molecular weight excluding hydrogens is 356 g/mol. The summed E-state index contributed by atoms with van der Waals surface area (Å²) in [7, 11) is 0. The number of nitrogens with one attached hydrogen (secondary N) is 1. The zero-order valence-electron chi connectivity index (χ0n) is 16.0. The number of anilines is 1. The van der Waals surface area contributed by atoms with Crippen molar-refractivity contribution in [3.63, 3.8) is 0 Å². The first-order valence-corrected chi connectivity index (χ1v) is 9.36. The van der Waals surface area contributed by atoms with Gasteiger partial charge in [0.2, 0.25) is 5.91 Å². The maximum absolute atomic E-state index is 12.5. The molecule has 0 bridgehead atoms. The number of rotatable bonds is 6. The first-order valence-electron chi connectivity index (χ1n) is 9.36. The molecule has 0 radical (unpaired) electrons. The van der Waals surface area contributed by atoms with Crippen LogP contribution in [0.4, 0.5) is 5.69 Å². The van der Waals surface area contributed by atoms with E-state index in [1.807, 2.05) is 43.3 Å². The predicted molar refractivity (Wildman–Crippen MR) is 105 cm³/mol. The molecule has 0 aromatic heterocycles. The Hall–Kier alpha value is -3.15. The number of benzene rings is 2. The van der Waals surface area contributed by atoms with Crippen LogP contribution in [-0.2, 0) is 19.1 Å². The van der Waals surface area contributed by atoms with Crippen molar-refractivity contribution in [3.05, 3.63) is 66.2 Å². The van der Waals surface area contributed by atoms with Gasteiger partial charge in [0.05, 0.1) is 12.0 Å². The lowest BCUT2D eigenvalue weighted by atomic mass is 10.1. The van der Waals surface area contributed by atoms with E-state index in [4.69, 9.17) is 4.74 Å². The maximum Gasteiger partial charge on any atom is 0.312 e. The van der Waals surface area contributed by atoms with Crippen LogP contribution in [-0.4, -0.2) is 35.3 Å². The van der Waals surface area contributed by atoms with Crippen LogP contribution in [0.25, 0.3) is 0 Å². The minimum Gasteiger partial charge on any atom is -0.452 e. The topological polar surface area (TPSA) is 75.7 Å². The normalized spacial score (nSPS) is 18.4. The molecule has 1 fully saturated rings. The zero-order chi connectivity index (χ0) is 20.1. The number of esters is 1. The summed E-state index contributed by atoms with van der Waals surface area (Å²) in [4.78, 5) is 38.8. The molecular formula is C22H24N2O4. The second-order valence-electron chi connectivity index (χ2n) is 6.97. The number of para-hydroxylation sites is 1. The SMILES string of the molecule is C[C@H](OC(=O)[C@@H]1CC(=O)N([C@H](C)c2ccccc2)C1)C(=O)Nc1ccccc1. The van der Waals surface area contributed by atoms with Crippen molar-refractivity contribution in [1.29, 1.82) is 0 Å². The Labute approximate surface area is 164 Å². The van der Waals surface area contributed by atoms with Crippen molar-refractivity contribution < 1.29 is 19.1 Å². The van der Waals surface area contributed by atoms with E-state index in [1.54, 1.807) is 29.2 Å². The zero-order valence-corrected chi connectivity index (χ0v) is 16.0. The van der Waals surface area contributed by atoms with E-state index >= 15 is 0 Å². The summed E-state index contributed by atoms with van der Waals surface area (Å²) in [5.41, 5.74) is 1.65. The average molecular weight is 380 g/mol. The van der Waals surface area contributed by atoms with Crippen LogP contribution < -0.4 is 5.32 Å². The maximum atomic E-state index is 12.5. The fourth-order valence-electron chi connectivity index (χ4n) is 3.26. The Morgan fingerprint density at radius 1 is 1.04 bits per heavy atom. The van der Waals surface area contributed by atoms with Crippen LogP contribution >= 0.6 is 0 Å². The van der Waals surface area contributed by atoms with Gasteiger partial charge in [-0.3, -0.25) is 14.4 Å². The number of carbonyl (C=O) groups excluding carboxylic acids is 3. The summed E-state index contributed by atoms with van der Waals surface area (Å²) < 4.78 is 5.32. The van der Waals surface area contributed by atoms with Crippen LogP contribution in [0, 0.1) is 5.92 Å². The highest BCUT2D eigenvalue weighted by Crippen LogP contribution is 2.29. The van der Waals surface area contributed by atoms with E-state index in [2.05, 4.69) is 5.32 Å². The van der Waals surface area contributed by atoms with Gasteiger partial charge < -0.3 is 15.0 Å². The van der Waals surface area contributed by atoms with Gasteiger partial charge in [-0.05, 0) is 31.5 Å². The predicted octanol–water partition coefficient (Wildman–Crippen LogP) is 3.17. The van der Waals surface area contributed by atoms with Gasteiger partial charge in [0.1, 0.15) is 0 Å². The summed E-state index contributed by atoms with van der Waals surface area (Å²) in [6.45, 7) is 3.76. The minimum atomic E-state index is -0.941. The van der Waals surface area contributed by atoms with E-state index in [-0.39, 0.29) is 18.4 Å². The van der Waals surface area contributed by atoms with Crippen molar-refractivity contribution >= 4 is 23.5 Å². The Balaban J connectivity index is 1.56. The lowest BCUT2D eigenvalue weighted by molar-refractivity contribution is -0.157. The first-order chi connectivity index (χ1) is 13.5. The largest absolute Gasteiger partial charge is 0.452 e. The Morgan fingerprint density at radius 3 is 2.29 bits per heavy atom. The van der Waals surface area contributed by atoms with Crippen molar-refractivity contribution in [2.45, 2.75) is 32.4 Å².